The lowest BCUT2D eigenvalue weighted by atomic mass is 10.0. The van der Waals surface area contributed by atoms with Gasteiger partial charge in [0.15, 0.2) is 0 Å². The number of hydrogen-bond acceptors (Lipinski definition) is 2. The second-order valence-corrected chi connectivity index (χ2v) is 4.94. The molecule has 0 aliphatic carbocycles. The smallest absolute Gasteiger partial charge is 0.00145 e. The Balaban J connectivity index is 3.71. The third kappa shape index (κ3) is 6.72. The first kappa shape index (κ1) is 14.3. The van der Waals surface area contributed by atoms with Crippen LogP contribution in [0.15, 0.2) is 0 Å². The lowest BCUT2D eigenvalue weighted by Crippen LogP contribution is -2.30. The van der Waals surface area contributed by atoms with E-state index < -0.39 is 0 Å². The molecule has 0 aromatic carbocycles. The summed E-state index contributed by atoms with van der Waals surface area (Å²) in [5, 5.41) is 0. The Kier molecular flexibility index (Phi) is 8.80. The molecule has 86 valence electrons. The molecule has 0 bridgehead atoms. The molecule has 2 unspecified atom stereocenters. The van der Waals surface area contributed by atoms with Gasteiger partial charge in [0.1, 0.15) is 0 Å². The van der Waals surface area contributed by atoms with Crippen LogP contribution in [0.3, 0.4) is 0 Å². The molecule has 0 N–H and O–H groups in total. The van der Waals surface area contributed by atoms with Crippen molar-refractivity contribution in [3.63, 3.8) is 0 Å². The molecule has 14 heavy (non-hydrogen) atoms. The first-order valence-electron chi connectivity index (χ1n) is 5.93. The van der Waals surface area contributed by atoms with E-state index in [0.29, 0.717) is 0 Å². The van der Waals surface area contributed by atoms with E-state index >= 15 is 0 Å². The number of hydrogen-bond donors (Lipinski definition) is 1. The molecule has 0 radical (unpaired) electrons. The minimum atomic E-state index is 0.775. The highest BCUT2D eigenvalue weighted by Crippen LogP contribution is 2.11. The van der Waals surface area contributed by atoms with Crippen LogP contribution in [-0.2, 0) is 0 Å². The van der Waals surface area contributed by atoms with Crippen LogP contribution in [-0.4, -0.2) is 30.8 Å². The van der Waals surface area contributed by atoms with Crippen LogP contribution < -0.4 is 0 Å². The Morgan fingerprint density at radius 3 is 2.29 bits per heavy atom. The predicted molar refractivity (Wildman–Crippen MR) is 69.2 cm³/mol. The van der Waals surface area contributed by atoms with Crippen LogP contribution in [0.2, 0.25) is 0 Å². The molecule has 0 saturated carbocycles. The molecular weight excluding hydrogens is 190 g/mol. The first-order chi connectivity index (χ1) is 6.63. The van der Waals surface area contributed by atoms with Crippen molar-refractivity contribution in [1.29, 1.82) is 0 Å². The lowest BCUT2D eigenvalue weighted by Gasteiger charge is -2.24. The fourth-order valence-electron chi connectivity index (χ4n) is 1.83. The van der Waals surface area contributed by atoms with Gasteiger partial charge in [-0.05, 0) is 31.1 Å². The van der Waals surface area contributed by atoms with Crippen LogP contribution in [0.5, 0.6) is 0 Å². The van der Waals surface area contributed by atoms with E-state index in [1.165, 1.54) is 32.4 Å². The van der Waals surface area contributed by atoms with E-state index in [1.54, 1.807) is 0 Å². The quantitative estimate of drug-likeness (QED) is 0.611. The van der Waals surface area contributed by atoms with Gasteiger partial charge in [0, 0.05) is 13.1 Å². The van der Waals surface area contributed by atoms with Gasteiger partial charge in [-0.2, -0.15) is 12.6 Å². The Labute approximate surface area is 95.7 Å². The summed E-state index contributed by atoms with van der Waals surface area (Å²) >= 11 is 4.41. The first-order valence-corrected chi connectivity index (χ1v) is 6.56. The average molecular weight is 217 g/mol. The monoisotopic (exact) mass is 217 g/mol. The fraction of sp³-hybridized carbons (Fsp3) is 1.00. The molecule has 0 aliphatic rings. The molecule has 0 amide bonds. The van der Waals surface area contributed by atoms with Crippen molar-refractivity contribution in [2.24, 2.45) is 11.8 Å². The standard InChI is InChI=1S/C12H27NS/c1-5-7-12(10-14)9-13(4)8-11(3)6-2/h11-12,14H,5-10H2,1-4H3. The maximum Gasteiger partial charge on any atom is 0.00145 e. The molecule has 2 atom stereocenters. The zero-order chi connectivity index (χ0) is 11.0. The summed E-state index contributed by atoms with van der Waals surface area (Å²) in [5.41, 5.74) is 0. The van der Waals surface area contributed by atoms with Crippen LogP contribution in [0, 0.1) is 11.8 Å². The SMILES string of the molecule is CCCC(CS)CN(C)CC(C)CC. The minimum absolute atomic E-state index is 0.775. The number of thiol groups is 1. The van der Waals surface area contributed by atoms with Gasteiger partial charge in [-0.3, -0.25) is 0 Å². The maximum atomic E-state index is 4.41. The molecule has 0 heterocycles. The third-order valence-corrected chi connectivity index (χ3v) is 3.36. The van der Waals surface area contributed by atoms with Gasteiger partial charge in [-0.15, -0.1) is 0 Å². The van der Waals surface area contributed by atoms with Crippen molar-refractivity contribution in [3.8, 4) is 0 Å². The lowest BCUT2D eigenvalue weighted by molar-refractivity contribution is 0.244. The molecular formula is C12H27NS. The van der Waals surface area contributed by atoms with E-state index in [1.807, 2.05) is 0 Å². The molecule has 1 nitrogen and oxygen atoms in total. The molecule has 0 aromatic heterocycles. The van der Waals surface area contributed by atoms with E-state index in [0.717, 1.165) is 17.6 Å². The van der Waals surface area contributed by atoms with Crippen LogP contribution >= 0.6 is 12.6 Å². The van der Waals surface area contributed by atoms with E-state index in [9.17, 15) is 0 Å². The molecule has 0 aromatic rings. The fourth-order valence-corrected chi connectivity index (χ4v) is 2.12. The Hall–Kier alpha value is 0.310. The predicted octanol–water partition coefficient (Wildman–Crippen LogP) is 3.31. The third-order valence-electron chi connectivity index (χ3n) is 2.85. The Morgan fingerprint density at radius 2 is 1.86 bits per heavy atom. The van der Waals surface area contributed by atoms with Gasteiger partial charge in [0.2, 0.25) is 0 Å². The van der Waals surface area contributed by atoms with Crippen molar-refractivity contribution < 1.29 is 0 Å². The molecule has 0 spiro atoms. The van der Waals surface area contributed by atoms with Gasteiger partial charge in [-0.1, -0.05) is 33.6 Å². The van der Waals surface area contributed by atoms with E-state index in [4.69, 9.17) is 0 Å². The van der Waals surface area contributed by atoms with Crippen molar-refractivity contribution >= 4 is 12.6 Å². The highest BCUT2D eigenvalue weighted by atomic mass is 32.1. The second-order valence-electron chi connectivity index (χ2n) is 4.57. The topological polar surface area (TPSA) is 3.24 Å². The Bertz CT molecular complexity index is 127. The number of nitrogens with zero attached hydrogens (tertiary/aromatic N) is 1. The summed E-state index contributed by atoms with van der Waals surface area (Å²) in [7, 11) is 2.23. The number of rotatable bonds is 8. The largest absolute Gasteiger partial charge is 0.306 e. The molecule has 0 saturated heterocycles. The Morgan fingerprint density at radius 1 is 1.21 bits per heavy atom. The summed E-state index contributed by atoms with van der Waals surface area (Å²) < 4.78 is 0. The van der Waals surface area contributed by atoms with Gasteiger partial charge in [-0.25, -0.2) is 0 Å². The summed E-state index contributed by atoms with van der Waals surface area (Å²) in [6.45, 7) is 9.28. The summed E-state index contributed by atoms with van der Waals surface area (Å²) in [4.78, 5) is 2.46. The molecule has 2 heteroatoms. The molecule has 0 rings (SSSR count). The minimum Gasteiger partial charge on any atom is -0.306 e. The van der Waals surface area contributed by atoms with Gasteiger partial charge in [0.05, 0.1) is 0 Å². The normalized spacial score (nSPS) is 15.9. The summed E-state index contributed by atoms with van der Waals surface area (Å²) in [6.07, 6.45) is 3.88. The van der Waals surface area contributed by atoms with Crippen molar-refractivity contribution in [1.82, 2.24) is 4.90 Å². The average Bonchev–Trinajstić information content (AvgIpc) is 2.16. The van der Waals surface area contributed by atoms with Crippen molar-refractivity contribution in [2.75, 3.05) is 25.9 Å². The summed E-state index contributed by atoms with van der Waals surface area (Å²) in [6, 6.07) is 0. The molecule has 0 aliphatic heterocycles. The van der Waals surface area contributed by atoms with E-state index in [2.05, 4.69) is 45.3 Å². The van der Waals surface area contributed by atoms with Gasteiger partial charge >= 0.3 is 0 Å². The van der Waals surface area contributed by atoms with Crippen LogP contribution in [0.25, 0.3) is 0 Å². The van der Waals surface area contributed by atoms with Crippen molar-refractivity contribution in [2.45, 2.75) is 40.0 Å². The van der Waals surface area contributed by atoms with Crippen LogP contribution in [0.4, 0.5) is 0 Å². The van der Waals surface area contributed by atoms with E-state index in [-0.39, 0.29) is 0 Å². The molecule has 0 fully saturated rings. The highest BCUT2D eigenvalue weighted by molar-refractivity contribution is 7.80. The maximum absolute atomic E-state index is 4.41. The highest BCUT2D eigenvalue weighted by Gasteiger charge is 2.10. The van der Waals surface area contributed by atoms with Gasteiger partial charge in [0.25, 0.3) is 0 Å². The second kappa shape index (κ2) is 8.60. The summed E-state index contributed by atoms with van der Waals surface area (Å²) in [5.74, 6) is 2.62. The van der Waals surface area contributed by atoms with Gasteiger partial charge < -0.3 is 4.90 Å². The zero-order valence-corrected chi connectivity index (χ0v) is 11.2. The van der Waals surface area contributed by atoms with Crippen molar-refractivity contribution in [3.05, 3.63) is 0 Å². The van der Waals surface area contributed by atoms with Crippen LogP contribution in [0.1, 0.15) is 40.0 Å². The zero-order valence-electron chi connectivity index (χ0n) is 10.3.